The highest BCUT2D eigenvalue weighted by Crippen LogP contribution is 2.24. The molecule has 0 aliphatic carbocycles. The van der Waals surface area contributed by atoms with Crippen molar-refractivity contribution in [1.29, 1.82) is 0 Å². The van der Waals surface area contributed by atoms with Crippen molar-refractivity contribution in [2.75, 3.05) is 11.9 Å². The van der Waals surface area contributed by atoms with Crippen LogP contribution in [0.4, 0.5) is 10.2 Å². The van der Waals surface area contributed by atoms with E-state index in [9.17, 15) is 9.18 Å². The normalized spacial score (nSPS) is 11.2. The van der Waals surface area contributed by atoms with Gasteiger partial charge in [-0.15, -0.1) is 0 Å². The number of halogens is 1. The molecule has 0 unspecified atom stereocenters. The molecule has 0 radical (unpaired) electrons. The Morgan fingerprint density at radius 3 is 2.71 bits per heavy atom. The summed E-state index contributed by atoms with van der Waals surface area (Å²) in [6.07, 6.45) is 0. The molecule has 6 heteroatoms. The zero-order valence-electron chi connectivity index (χ0n) is 12.1. The molecule has 0 saturated heterocycles. The zero-order valence-corrected chi connectivity index (χ0v) is 12.1. The molecule has 112 valence electrons. The van der Waals surface area contributed by atoms with Gasteiger partial charge in [0.2, 0.25) is 0 Å². The maximum absolute atomic E-state index is 13.3. The van der Waals surface area contributed by atoms with Crippen molar-refractivity contribution < 1.29 is 18.4 Å². The second kappa shape index (κ2) is 5.95. The van der Waals surface area contributed by atoms with Crippen molar-refractivity contribution in [3.63, 3.8) is 0 Å². The van der Waals surface area contributed by atoms with Gasteiger partial charge in [-0.3, -0.25) is 4.79 Å². The van der Waals surface area contributed by atoms with Crippen LogP contribution in [0.5, 0.6) is 5.75 Å². The summed E-state index contributed by atoms with van der Waals surface area (Å²) in [5.41, 5.74) is -0.195. The number of nitrogens with zero attached hydrogens (tertiary/aromatic N) is 1. The standard InChI is InChI=1S/C15H17FN2O3/c1-15(2,3)12-8-13(18-21-12)17-14(19)9-20-11-7-5-4-6-10(11)16/h4-8H,9H2,1-3H3,(H,17,18,19). The van der Waals surface area contributed by atoms with E-state index < -0.39 is 11.7 Å². The van der Waals surface area contributed by atoms with Gasteiger partial charge < -0.3 is 14.6 Å². The topological polar surface area (TPSA) is 64.4 Å². The van der Waals surface area contributed by atoms with Gasteiger partial charge in [0.25, 0.3) is 5.91 Å². The first-order valence-corrected chi connectivity index (χ1v) is 6.50. The number of anilines is 1. The number of carbonyl (C=O) groups is 1. The van der Waals surface area contributed by atoms with E-state index in [4.69, 9.17) is 9.26 Å². The molecule has 0 saturated carbocycles. The van der Waals surface area contributed by atoms with Gasteiger partial charge in [0.15, 0.2) is 24.0 Å². The molecule has 2 rings (SSSR count). The molecule has 5 nitrogen and oxygen atoms in total. The molecule has 1 heterocycles. The molecular formula is C15H17FN2O3. The van der Waals surface area contributed by atoms with Gasteiger partial charge >= 0.3 is 0 Å². The Bertz CT molecular complexity index is 632. The monoisotopic (exact) mass is 292 g/mol. The van der Waals surface area contributed by atoms with Crippen LogP contribution in [0.15, 0.2) is 34.9 Å². The van der Waals surface area contributed by atoms with Crippen LogP contribution in [0.1, 0.15) is 26.5 Å². The molecule has 0 aliphatic heterocycles. The van der Waals surface area contributed by atoms with Crippen molar-refractivity contribution >= 4 is 11.7 Å². The van der Waals surface area contributed by atoms with E-state index in [1.807, 2.05) is 20.8 Å². The Balaban J connectivity index is 1.90. The molecule has 21 heavy (non-hydrogen) atoms. The number of amides is 1. The van der Waals surface area contributed by atoms with Crippen molar-refractivity contribution in [1.82, 2.24) is 5.16 Å². The summed E-state index contributed by atoms with van der Waals surface area (Å²) in [6.45, 7) is 5.61. The number of nitrogens with one attached hydrogen (secondary N) is 1. The Kier molecular flexibility index (Phi) is 4.26. The zero-order chi connectivity index (χ0) is 15.5. The first-order chi connectivity index (χ1) is 9.86. The Hall–Kier alpha value is -2.37. The van der Waals surface area contributed by atoms with Gasteiger partial charge in [0, 0.05) is 11.5 Å². The third-order valence-electron chi connectivity index (χ3n) is 2.71. The smallest absolute Gasteiger partial charge is 0.263 e. The maximum Gasteiger partial charge on any atom is 0.263 e. The van der Waals surface area contributed by atoms with Crippen molar-refractivity contribution in [3.05, 3.63) is 41.9 Å². The molecule has 1 amide bonds. The minimum atomic E-state index is -0.512. The SMILES string of the molecule is CC(C)(C)c1cc(NC(=O)COc2ccccc2F)no1. The summed E-state index contributed by atoms with van der Waals surface area (Å²) in [5, 5.41) is 6.29. The van der Waals surface area contributed by atoms with Gasteiger partial charge in [-0.1, -0.05) is 38.1 Å². The molecular weight excluding hydrogens is 275 g/mol. The number of hydrogen-bond acceptors (Lipinski definition) is 4. The van der Waals surface area contributed by atoms with Crippen LogP contribution in [-0.4, -0.2) is 17.7 Å². The van der Waals surface area contributed by atoms with Crippen LogP contribution >= 0.6 is 0 Å². The number of benzene rings is 1. The molecule has 0 atom stereocenters. The second-order valence-corrected chi connectivity index (χ2v) is 5.59. The fourth-order valence-corrected chi connectivity index (χ4v) is 1.57. The third-order valence-corrected chi connectivity index (χ3v) is 2.71. The lowest BCUT2D eigenvalue weighted by molar-refractivity contribution is -0.118. The Labute approximate surface area is 122 Å². The van der Waals surface area contributed by atoms with E-state index in [-0.39, 0.29) is 17.8 Å². The summed E-state index contributed by atoms with van der Waals surface area (Å²) in [4.78, 5) is 11.7. The summed E-state index contributed by atoms with van der Waals surface area (Å²) in [6, 6.07) is 7.55. The average molecular weight is 292 g/mol. The minimum Gasteiger partial charge on any atom is -0.481 e. The van der Waals surface area contributed by atoms with Crippen LogP contribution in [0.3, 0.4) is 0 Å². The maximum atomic E-state index is 13.3. The Morgan fingerprint density at radius 2 is 2.10 bits per heavy atom. The molecule has 0 bridgehead atoms. The van der Waals surface area contributed by atoms with Crippen LogP contribution in [0.2, 0.25) is 0 Å². The van der Waals surface area contributed by atoms with E-state index in [1.54, 1.807) is 18.2 Å². The number of hydrogen-bond donors (Lipinski definition) is 1. The number of para-hydroxylation sites is 1. The summed E-state index contributed by atoms with van der Waals surface area (Å²) >= 11 is 0. The lowest BCUT2D eigenvalue weighted by atomic mass is 9.93. The first-order valence-electron chi connectivity index (χ1n) is 6.50. The third kappa shape index (κ3) is 4.05. The average Bonchev–Trinajstić information content (AvgIpc) is 2.86. The number of ether oxygens (including phenoxy) is 1. The fourth-order valence-electron chi connectivity index (χ4n) is 1.57. The molecule has 0 fully saturated rings. The van der Waals surface area contributed by atoms with E-state index in [1.165, 1.54) is 12.1 Å². The highest BCUT2D eigenvalue weighted by Gasteiger charge is 2.20. The van der Waals surface area contributed by atoms with Crippen molar-refractivity contribution in [2.45, 2.75) is 26.2 Å². The number of rotatable bonds is 4. The number of carbonyl (C=O) groups excluding carboxylic acids is 1. The molecule has 2 aromatic rings. The van der Waals surface area contributed by atoms with Gasteiger partial charge in [-0.05, 0) is 12.1 Å². The van der Waals surface area contributed by atoms with Crippen LogP contribution < -0.4 is 10.1 Å². The quantitative estimate of drug-likeness (QED) is 0.940. The molecule has 0 aliphatic rings. The van der Waals surface area contributed by atoms with Crippen LogP contribution in [-0.2, 0) is 10.2 Å². The van der Waals surface area contributed by atoms with E-state index >= 15 is 0 Å². The predicted octanol–water partition coefficient (Wildman–Crippen LogP) is 3.13. The lowest BCUT2D eigenvalue weighted by Gasteiger charge is -2.12. The summed E-state index contributed by atoms with van der Waals surface area (Å²) < 4.78 is 23.6. The van der Waals surface area contributed by atoms with Gasteiger partial charge in [-0.2, -0.15) is 0 Å². The van der Waals surface area contributed by atoms with Crippen molar-refractivity contribution in [3.8, 4) is 5.75 Å². The van der Waals surface area contributed by atoms with E-state index in [2.05, 4.69) is 10.5 Å². The van der Waals surface area contributed by atoms with Crippen molar-refractivity contribution in [2.24, 2.45) is 0 Å². The Morgan fingerprint density at radius 1 is 1.38 bits per heavy atom. The highest BCUT2D eigenvalue weighted by molar-refractivity contribution is 5.90. The van der Waals surface area contributed by atoms with E-state index in [0.717, 1.165) is 0 Å². The number of aromatic nitrogens is 1. The minimum absolute atomic E-state index is 0.0307. The summed E-state index contributed by atoms with van der Waals surface area (Å²) in [5.74, 6) is 0.0480. The molecule has 0 spiro atoms. The molecule has 1 aromatic carbocycles. The van der Waals surface area contributed by atoms with Crippen LogP contribution in [0, 0.1) is 5.82 Å². The second-order valence-electron chi connectivity index (χ2n) is 5.59. The molecule has 1 aromatic heterocycles. The van der Waals surface area contributed by atoms with Crippen LogP contribution in [0.25, 0.3) is 0 Å². The molecule has 1 N–H and O–H groups in total. The van der Waals surface area contributed by atoms with E-state index in [0.29, 0.717) is 11.6 Å². The first kappa shape index (κ1) is 15.0. The van der Waals surface area contributed by atoms with Gasteiger partial charge in [-0.25, -0.2) is 4.39 Å². The van der Waals surface area contributed by atoms with Gasteiger partial charge in [0.1, 0.15) is 5.76 Å². The highest BCUT2D eigenvalue weighted by atomic mass is 19.1. The van der Waals surface area contributed by atoms with Gasteiger partial charge in [0.05, 0.1) is 0 Å². The predicted molar refractivity (Wildman–Crippen MR) is 75.7 cm³/mol. The fraction of sp³-hybridized carbons (Fsp3) is 0.333. The largest absolute Gasteiger partial charge is 0.481 e. The summed E-state index contributed by atoms with van der Waals surface area (Å²) in [7, 11) is 0. The lowest BCUT2D eigenvalue weighted by Crippen LogP contribution is -2.20.